The van der Waals surface area contributed by atoms with Crippen LogP contribution in [0.3, 0.4) is 0 Å². The zero-order chi connectivity index (χ0) is 9.52. The highest BCUT2D eigenvalue weighted by Crippen LogP contribution is 2.00. The first-order valence-corrected chi connectivity index (χ1v) is 4.16. The summed E-state index contributed by atoms with van der Waals surface area (Å²) in [7, 11) is 0. The maximum Gasteiger partial charge on any atom is 0.303 e. The molecule has 1 rings (SSSR count). The van der Waals surface area contributed by atoms with Crippen LogP contribution in [-0.2, 0) is 4.79 Å². The fraction of sp³-hybridized carbons (Fsp3) is 0.333. The van der Waals surface area contributed by atoms with Gasteiger partial charge in [-0.15, -0.1) is 0 Å². The molecule has 2 N–H and O–H groups in total. The topological polar surface area (TPSA) is 61.7 Å². The lowest BCUT2D eigenvalue weighted by molar-refractivity contribution is -0.137. The quantitative estimate of drug-likeness (QED) is 0.684. The molecule has 0 amide bonds. The third kappa shape index (κ3) is 4.10. The summed E-state index contributed by atoms with van der Waals surface area (Å²) in [4.78, 5) is 10.2. The van der Waals surface area contributed by atoms with Gasteiger partial charge in [-0.25, -0.2) is 0 Å². The van der Waals surface area contributed by atoms with Crippen LogP contribution in [0, 0.1) is 0 Å². The van der Waals surface area contributed by atoms with Crippen molar-refractivity contribution in [1.29, 1.82) is 0 Å². The number of aliphatic carboxylic acids is 1. The molecule has 1 heterocycles. The summed E-state index contributed by atoms with van der Waals surface area (Å²) in [5.41, 5.74) is 3.61. The molecule has 0 atom stereocenters. The molecule has 0 aromatic heterocycles. The highest BCUT2D eigenvalue weighted by Gasteiger charge is 2.00. The smallest absolute Gasteiger partial charge is 0.303 e. The van der Waals surface area contributed by atoms with Gasteiger partial charge in [0.2, 0.25) is 0 Å². The molecule has 0 fully saturated rings. The number of rotatable bonds is 4. The summed E-state index contributed by atoms with van der Waals surface area (Å²) in [5, 5.41) is 12.4. The second-order valence-electron chi connectivity index (χ2n) is 2.70. The highest BCUT2D eigenvalue weighted by molar-refractivity contribution is 5.95. The first-order chi connectivity index (χ1) is 6.29. The lowest BCUT2D eigenvalue weighted by atomic mass is 10.1. The molecule has 0 bridgehead atoms. The van der Waals surface area contributed by atoms with Crippen LogP contribution in [0.4, 0.5) is 0 Å². The average molecular weight is 180 g/mol. The Hall–Kier alpha value is -1.58. The van der Waals surface area contributed by atoms with E-state index in [2.05, 4.69) is 10.5 Å². The highest BCUT2D eigenvalue weighted by atomic mass is 16.4. The molecule has 1 aliphatic rings. The number of hydrogen-bond donors (Lipinski definition) is 2. The Morgan fingerprint density at radius 1 is 1.54 bits per heavy atom. The Balaban J connectivity index is 2.28. The van der Waals surface area contributed by atoms with Gasteiger partial charge >= 0.3 is 5.97 Å². The number of nitrogens with zero attached hydrogens (tertiary/aromatic N) is 1. The number of nitrogens with one attached hydrogen (secondary N) is 1. The molecule has 70 valence electrons. The van der Waals surface area contributed by atoms with Gasteiger partial charge in [0.05, 0.1) is 5.71 Å². The van der Waals surface area contributed by atoms with Crippen molar-refractivity contribution in [2.24, 2.45) is 5.10 Å². The Bertz CT molecular complexity index is 267. The third-order valence-corrected chi connectivity index (χ3v) is 1.60. The van der Waals surface area contributed by atoms with E-state index in [1.807, 2.05) is 18.2 Å². The summed E-state index contributed by atoms with van der Waals surface area (Å²) < 4.78 is 0. The van der Waals surface area contributed by atoms with Crippen LogP contribution in [0.1, 0.15) is 19.3 Å². The summed E-state index contributed by atoms with van der Waals surface area (Å²) in [6.07, 6.45) is 8.82. The van der Waals surface area contributed by atoms with Crippen LogP contribution < -0.4 is 5.43 Å². The lowest BCUT2D eigenvalue weighted by Crippen LogP contribution is -2.02. The van der Waals surface area contributed by atoms with Gasteiger partial charge in [-0.2, -0.15) is 5.10 Å². The van der Waals surface area contributed by atoms with E-state index in [4.69, 9.17) is 5.11 Å². The third-order valence-electron chi connectivity index (χ3n) is 1.60. The van der Waals surface area contributed by atoms with Crippen molar-refractivity contribution >= 4 is 11.7 Å². The normalized spacial score (nSPS) is 14.6. The van der Waals surface area contributed by atoms with Crippen LogP contribution in [-0.4, -0.2) is 16.8 Å². The van der Waals surface area contributed by atoms with Gasteiger partial charge in [0.15, 0.2) is 0 Å². The van der Waals surface area contributed by atoms with Crippen LogP contribution in [0.5, 0.6) is 0 Å². The van der Waals surface area contributed by atoms with Gasteiger partial charge in [0.1, 0.15) is 0 Å². The SMILES string of the molecule is O=C(O)CCCC1=NNC=CC=C1. The second kappa shape index (κ2) is 5.13. The Morgan fingerprint density at radius 3 is 3.15 bits per heavy atom. The van der Waals surface area contributed by atoms with Gasteiger partial charge in [-0.1, -0.05) is 6.08 Å². The largest absolute Gasteiger partial charge is 0.481 e. The van der Waals surface area contributed by atoms with Crippen molar-refractivity contribution < 1.29 is 9.90 Å². The minimum absolute atomic E-state index is 0.195. The maximum atomic E-state index is 10.2. The van der Waals surface area contributed by atoms with Crippen LogP contribution in [0.15, 0.2) is 29.5 Å². The molecule has 0 saturated carbocycles. The number of hydrogen-bond acceptors (Lipinski definition) is 3. The van der Waals surface area contributed by atoms with Crippen LogP contribution in [0.2, 0.25) is 0 Å². The number of carboxylic acids is 1. The van der Waals surface area contributed by atoms with E-state index >= 15 is 0 Å². The molecule has 0 saturated heterocycles. The van der Waals surface area contributed by atoms with Crippen LogP contribution >= 0.6 is 0 Å². The van der Waals surface area contributed by atoms with Gasteiger partial charge in [0, 0.05) is 12.6 Å². The number of carbonyl (C=O) groups is 1. The molecule has 0 aromatic carbocycles. The zero-order valence-electron chi connectivity index (χ0n) is 7.23. The maximum absolute atomic E-state index is 10.2. The summed E-state index contributed by atoms with van der Waals surface area (Å²) >= 11 is 0. The minimum atomic E-state index is -0.760. The Kier molecular flexibility index (Phi) is 3.75. The van der Waals surface area contributed by atoms with E-state index in [-0.39, 0.29) is 6.42 Å². The van der Waals surface area contributed by atoms with Crippen molar-refractivity contribution in [3.05, 3.63) is 24.4 Å². The van der Waals surface area contributed by atoms with E-state index in [1.54, 1.807) is 6.20 Å². The van der Waals surface area contributed by atoms with Crippen molar-refractivity contribution in [3.63, 3.8) is 0 Å². The molecule has 0 aromatic rings. The molecule has 1 aliphatic heterocycles. The number of allylic oxidation sites excluding steroid dienone is 3. The number of carboxylic acid groups (broad SMARTS) is 1. The van der Waals surface area contributed by atoms with E-state index in [0.29, 0.717) is 12.8 Å². The lowest BCUT2D eigenvalue weighted by Gasteiger charge is -1.97. The molecule has 0 spiro atoms. The average Bonchev–Trinajstić information content (AvgIpc) is 2.32. The van der Waals surface area contributed by atoms with Gasteiger partial charge in [-0.05, 0) is 25.0 Å². The van der Waals surface area contributed by atoms with Crippen molar-refractivity contribution in [1.82, 2.24) is 5.43 Å². The first-order valence-electron chi connectivity index (χ1n) is 4.16. The molecular formula is C9H12N2O2. The monoisotopic (exact) mass is 180 g/mol. The van der Waals surface area contributed by atoms with Crippen molar-refractivity contribution in [2.45, 2.75) is 19.3 Å². The second-order valence-corrected chi connectivity index (χ2v) is 2.70. The van der Waals surface area contributed by atoms with Crippen molar-refractivity contribution in [2.75, 3.05) is 0 Å². The molecular weight excluding hydrogens is 168 g/mol. The molecule has 4 heteroatoms. The minimum Gasteiger partial charge on any atom is -0.481 e. The van der Waals surface area contributed by atoms with E-state index in [9.17, 15) is 4.79 Å². The van der Waals surface area contributed by atoms with E-state index < -0.39 is 5.97 Å². The summed E-state index contributed by atoms with van der Waals surface area (Å²) in [6, 6.07) is 0. The van der Waals surface area contributed by atoms with Crippen molar-refractivity contribution in [3.8, 4) is 0 Å². The first kappa shape index (κ1) is 9.51. The standard InChI is InChI=1S/C9H12N2O2/c12-9(13)6-3-5-8-4-1-2-7-10-11-8/h1-2,4,7,10H,3,5-6H2,(H,12,13). The molecule has 0 unspecified atom stereocenters. The molecule has 4 nitrogen and oxygen atoms in total. The predicted octanol–water partition coefficient (Wildman–Crippen LogP) is 1.27. The Labute approximate surface area is 76.6 Å². The van der Waals surface area contributed by atoms with Crippen LogP contribution in [0.25, 0.3) is 0 Å². The van der Waals surface area contributed by atoms with Gasteiger partial charge in [0.25, 0.3) is 0 Å². The fourth-order valence-corrected chi connectivity index (χ4v) is 0.983. The molecule has 13 heavy (non-hydrogen) atoms. The number of hydrazone groups is 1. The summed E-state index contributed by atoms with van der Waals surface area (Å²) in [6.45, 7) is 0. The van der Waals surface area contributed by atoms with E-state index in [1.165, 1.54) is 0 Å². The molecule has 0 aliphatic carbocycles. The summed E-state index contributed by atoms with van der Waals surface area (Å²) in [5.74, 6) is -0.760. The fourth-order valence-electron chi connectivity index (χ4n) is 0.983. The van der Waals surface area contributed by atoms with Gasteiger partial charge in [-0.3, -0.25) is 10.2 Å². The van der Waals surface area contributed by atoms with E-state index in [0.717, 1.165) is 5.71 Å². The molecule has 0 radical (unpaired) electrons. The zero-order valence-corrected chi connectivity index (χ0v) is 7.23. The Morgan fingerprint density at radius 2 is 2.38 bits per heavy atom. The van der Waals surface area contributed by atoms with Gasteiger partial charge < -0.3 is 5.11 Å². The predicted molar refractivity (Wildman–Crippen MR) is 50.3 cm³/mol.